The van der Waals surface area contributed by atoms with E-state index in [1.54, 1.807) is 0 Å². The molecule has 0 saturated heterocycles. The van der Waals surface area contributed by atoms with E-state index in [0.717, 1.165) is 89.9 Å². The van der Waals surface area contributed by atoms with E-state index >= 15 is 0 Å². The molecule has 0 bridgehead atoms. The lowest BCUT2D eigenvalue weighted by Gasteiger charge is -2.18. The van der Waals surface area contributed by atoms with Gasteiger partial charge >= 0.3 is 17.9 Å². The van der Waals surface area contributed by atoms with E-state index in [-0.39, 0.29) is 31.1 Å². The number of hydrogen-bond donors (Lipinski definition) is 0. The maximum Gasteiger partial charge on any atom is 0.306 e. The average Bonchev–Trinajstić information content (AvgIpc) is 3.45. The van der Waals surface area contributed by atoms with Crippen LogP contribution in [-0.2, 0) is 28.6 Å². The first-order chi connectivity index (χ1) is 39.0. The molecular weight excluding hydrogens is 973 g/mol. The standard InChI is InChI=1S/C73H134O6/c1-4-7-10-13-16-19-22-25-28-31-32-33-34-35-36-37-38-39-40-41-42-43-46-48-51-54-57-60-63-66-72(75)78-69-70(79-73(76)67-64-61-58-55-52-49-45-30-27-24-21-18-15-12-9-6-3)68-77-71(74)65-62-59-56-53-50-47-44-29-26-23-20-17-14-11-8-5-2/h21-22,24-25,30-32,45,70H,4-20,23,26-29,33-44,46-69H2,1-3H3/b24-21-,25-22-,32-31-,45-30-. The molecule has 1 unspecified atom stereocenters. The normalized spacial score (nSPS) is 12.3. The van der Waals surface area contributed by atoms with Crippen LogP contribution >= 0.6 is 0 Å². The van der Waals surface area contributed by atoms with E-state index in [9.17, 15) is 14.4 Å². The molecule has 0 aromatic heterocycles. The van der Waals surface area contributed by atoms with Gasteiger partial charge in [0.15, 0.2) is 6.10 Å². The highest BCUT2D eigenvalue weighted by Gasteiger charge is 2.19. The zero-order chi connectivity index (χ0) is 57.1. The minimum atomic E-state index is -0.779. The Bertz CT molecular complexity index is 1360. The first-order valence-electron chi connectivity index (χ1n) is 35.1. The molecule has 6 heteroatoms. The summed E-state index contributed by atoms with van der Waals surface area (Å²) in [7, 11) is 0. The largest absolute Gasteiger partial charge is 0.462 e. The van der Waals surface area contributed by atoms with E-state index in [2.05, 4.69) is 69.4 Å². The van der Waals surface area contributed by atoms with Crippen LogP contribution < -0.4 is 0 Å². The van der Waals surface area contributed by atoms with Crippen LogP contribution in [0.25, 0.3) is 0 Å². The van der Waals surface area contributed by atoms with Crippen molar-refractivity contribution in [2.24, 2.45) is 0 Å². The van der Waals surface area contributed by atoms with Crippen LogP contribution in [0.4, 0.5) is 0 Å². The highest BCUT2D eigenvalue weighted by Crippen LogP contribution is 2.18. The second-order valence-corrected chi connectivity index (χ2v) is 23.8. The smallest absolute Gasteiger partial charge is 0.306 e. The summed E-state index contributed by atoms with van der Waals surface area (Å²) in [6.07, 6.45) is 85.7. The maximum atomic E-state index is 12.9. The molecule has 0 radical (unpaired) electrons. The van der Waals surface area contributed by atoms with Crippen LogP contribution in [0.3, 0.4) is 0 Å². The number of hydrogen-bond acceptors (Lipinski definition) is 6. The third-order valence-electron chi connectivity index (χ3n) is 15.8. The third-order valence-corrected chi connectivity index (χ3v) is 15.8. The molecule has 0 aliphatic heterocycles. The predicted octanol–water partition coefficient (Wildman–Crippen LogP) is 24.1. The zero-order valence-electron chi connectivity index (χ0n) is 53.2. The van der Waals surface area contributed by atoms with E-state index in [0.29, 0.717) is 19.3 Å². The molecule has 6 nitrogen and oxygen atoms in total. The lowest BCUT2D eigenvalue weighted by Crippen LogP contribution is -2.30. The van der Waals surface area contributed by atoms with Crippen LogP contribution in [-0.4, -0.2) is 37.2 Å². The Morgan fingerprint density at radius 2 is 0.456 bits per heavy atom. The summed E-state index contributed by atoms with van der Waals surface area (Å²) in [6.45, 7) is 6.67. The molecule has 0 aliphatic carbocycles. The van der Waals surface area contributed by atoms with Gasteiger partial charge in [0.05, 0.1) is 0 Å². The number of unbranched alkanes of at least 4 members (excludes halogenated alkanes) is 46. The first kappa shape index (κ1) is 76.4. The van der Waals surface area contributed by atoms with Crippen molar-refractivity contribution >= 4 is 17.9 Å². The van der Waals surface area contributed by atoms with Crippen molar-refractivity contribution in [3.8, 4) is 0 Å². The fraction of sp³-hybridized carbons (Fsp3) is 0.849. The number of rotatable bonds is 65. The van der Waals surface area contributed by atoms with Crippen LogP contribution in [0.2, 0.25) is 0 Å². The fourth-order valence-corrected chi connectivity index (χ4v) is 10.5. The van der Waals surface area contributed by atoms with E-state index in [1.165, 1.54) is 250 Å². The molecule has 0 aromatic rings. The monoisotopic (exact) mass is 1110 g/mol. The van der Waals surface area contributed by atoms with Crippen molar-refractivity contribution in [1.29, 1.82) is 0 Å². The Hall–Kier alpha value is -2.63. The molecule has 0 rings (SSSR count). The van der Waals surface area contributed by atoms with E-state index in [4.69, 9.17) is 14.2 Å². The Balaban J connectivity index is 4.22. The molecule has 0 aromatic carbocycles. The van der Waals surface area contributed by atoms with Gasteiger partial charge in [0.2, 0.25) is 0 Å². The molecule has 0 N–H and O–H groups in total. The van der Waals surface area contributed by atoms with Gasteiger partial charge < -0.3 is 14.2 Å². The zero-order valence-corrected chi connectivity index (χ0v) is 53.2. The third kappa shape index (κ3) is 66.1. The molecule has 0 amide bonds. The van der Waals surface area contributed by atoms with Crippen molar-refractivity contribution in [1.82, 2.24) is 0 Å². The minimum absolute atomic E-state index is 0.0736. The Morgan fingerprint density at radius 1 is 0.253 bits per heavy atom. The quantitative estimate of drug-likeness (QED) is 0.0261. The number of esters is 3. The first-order valence-corrected chi connectivity index (χ1v) is 35.1. The molecular formula is C73H134O6. The molecule has 0 fully saturated rings. The summed E-state index contributed by atoms with van der Waals surface area (Å²) in [5.74, 6) is -0.861. The molecule has 0 spiro atoms. The van der Waals surface area contributed by atoms with E-state index in [1.807, 2.05) is 0 Å². The molecule has 0 aliphatic rings. The summed E-state index contributed by atoms with van der Waals surface area (Å²) >= 11 is 0. The summed E-state index contributed by atoms with van der Waals surface area (Å²) < 4.78 is 17.0. The molecule has 79 heavy (non-hydrogen) atoms. The van der Waals surface area contributed by atoms with Gasteiger partial charge in [-0.05, 0) is 83.5 Å². The fourth-order valence-electron chi connectivity index (χ4n) is 10.5. The minimum Gasteiger partial charge on any atom is -0.462 e. The number of allylic oxidation sites excluding steroid dienone is 8. The van der Waals surface area contributed by atoms with E-state index < -0.39 is 6.10 Å². The van der Waals surface area contributed by atoms with Gasteiger partial charge in [-0.15, -0.1) is 0 Å². The Morgan fingerprint density at radius 3 is 0.709 bits per heavy atom. The Kier molecular flexibility index (Phi) is 65.6. The van der Waals surface area contributed by atoms with Gasteiger partial charge in [-0.3, -0.25) is 14.4 Å². The maximum absolute atomic E-state index is 12.9. The highest BCUT2D eigenvalue weighted by molar-refractivity contribution is 5.71. The summed E-state index contributed by atoms with van der Waals surface area (Å²) in [4.78, 5) is 38.4. The molecule has 462 valence electrons. The highest BCUT2D eigenvalue weighted by atomic mass is 16.6. The summed E-state index contributed by atoms with van der Waals surface area (Å²) in [6, 6.07) is 0. The molecule has 0 heterocycles. The second kappa shape index (κ2) is 67.9. The molecule has 0 saturated carbocycles. The van der Waals surface area contributed by atoms with Crippen LogP contribution in [0.15, 0.2) is 48.6 Å². The predicted molar refractivity (Wildman–Crippen MR) is 344 cm³/mol. The topological polar surface area (TPSA) is 78.9 Å². The number of ether oxygens (including phenoxy) is 3. The average molecular weight is 1110 g/mol. The van der Waals surface area contributed by atoms with Gasteiger partial charge in [-0.2, -0.15) is 0 Å². The van der Waals surface area contributed by atoms with Crippen LogP contribution in [0.5, 0.6) is 0 Å². The lowest BCUT2D eigenvalue weighted by molar-refractivity contribution is -0.167. The van der Waals surface area contributed by atoms with Gasteiger partial charge in [-0.25, -0.2) is 0 Å². The van der Waals surface area contributed by atoms with Gasteiger partial charge in [0.1, 0.15) is 13.2 Å². The van der Waals surface area contributed by atoms with Crippen molar-refractivity contribution in [3.63, 3.8) is 0 Å². The molecule has 1 atom stereocenters. The van der Waals surface area contributed by atoms with Crippen molar-refractivity contribution < 1.29 is 28.6 Å². The van der Waals surface area contributed by atoms with Gasteiger partial charge in [-0.1, -0.05) is 326 Å². The second-order valence-electron chi connectivity index (χ2n) is 23.8. The SMILES string of the molecule is CCCCCC/C=C\C/C=C\CCCCCCCC(=O)OC(COC(=O)CCCCCCCCCCCCCCCCCC)COC(=O)CCCCCCCCCCCCCCCCCCC/C=C\C/C=C\CCCCCCC. The van der Waals surface area contributed by atoms with Crippen molar-refractivity contribution in [2.45, 2.75) is 386 Å². The van der Waals surface area contributed by atoms with Crippen LogP contribution in [0, 0.1) is 0 Å². The van der Waals surface area contributed by atoms with Crippen molar-refractivity contribution in [2.75, 3.05) is 13.2 Å². The number of carbonyl (C=O) groups excluding carboxylic acids is 3. The summed E-state index contributed by atoms with van der Waals surface area (Å²) in [5.41, 5.74) is 0. The lowest BCUT2D eigenvalue weighted by atomic mass is 10.0. The Labute approximate surface area is 492 Å². The van der Waals surface area contributed by atoms with Crippen molar-refractivity contribution in [3.05, 3.63) is 48.6 Å². The number of carbonyl (C=O) groups is 3. The summed E-state index contributed by atoms with van der Waals surface area (Å²) in [5, 5.41) is 0. The van der Waals surface area contributed by atoms with Gasteiger partial charge in [0, 0.05) is 19.3 Å². The van der Waals surface area contributed by atoms with Gasteiger partial charge in [0.25, 0.3) is 0 Å². The van der Waals surface area contributed by atoms with Crippen LogP contribution in [0.1, 0.15) is 380 Å².